The van der Waals surface area contributed by atoms with E-state index in [1.165, 1.54) is 22.2 Å². The molecule has 2 heterocycles. The van der Waals surface area contributed by atoms with E-state index in [0.29, 0.717) is 10.8 Å². The van der Waals surface area contributed by atoms with Crippen molar-refractivity contribution < 1.29 is 8.42 Å². The zero-order valence-corrected chi connectivity index (χ0v) is 9.97. The molecule has 0 spiro atoms. The molecule has 0 radical (unpaired) electrons. The van der Waals surface area contributed by atoms with E-state index in [1.54, 1.807) is 18.5 Å². The largest absolute Gasteiger partial charge is 0.264 e. The average molecular weight is 264 g/mol. The van der Waals surface area contributed by atoms with Crippen LogP contribution in [-0.4, -0.2) is 23.2 Å². The summed E-state index contributed by atoms with van der Waals surface area (Å²) in [5.41, 5.74) is 0.458. The lowest BCUT2D eigenvalue weighted by molar-refractivity contribution is 0.609. The molecule has 0 saturated heterocycles. The first-order valence-electron chi connectivity index (χ1n) is 3.89. The molecule has 80 valence electrons. The van der Waals surface area contributed by atoms with E-state index in [9.17, 15) is 8.42 Å². The second-order valence-electron chi connectivity index (χ2n) is 2.76. The maximum absolute atomic E-state index is 11.1. The van der Waals surface area contributed by atoms with Crippen molar-refractivity contribution in [3.05, 3.63) is 23.5 Å². The molecule has 0 fully saturated rings. The van der Waals surface area contributed by atoms with Gasteiger partial charge in [-0.25, -0.2) is 18.1 Å². The number of hydrogen-bond donors (Lipinski definition) is 0. The van der Waals surface area contributed by atoms with Crippen LogP contribution in [0, 0.1) is 6.92 Å². The van der Waals surface area contributed by atoms with Gasteiger partial charge in [0.05, 0.1) is 11.9 Å². The summed E-state index contributed by atoms with van der Waals surface area (Å²) in [5, 5.41) is 6.32. The van der Waals surface area contributed by atoms with Gasteiger partial charge in [-0.3, -0.25) is 0 Å². The van der Waals surface area contributed by atoms with Gasteiger partial charge in [0.15, 0.2) is 0 Å². The summed E-state index contributed by atoms with van der Waals surface area (Å²) >= 11 is 1.37. The summed E-state index contributed by atoms with van der Waals surface area (Å²) in [4.78, 5) is 4.04. The van der Waals surface area contributed by atoms with Crippen LogP contribution in [0.15, 0.2) is 22.7 Å². The summed E-state index contributed by atoms with van der Waals surface area (Å²) in [7, 11) is 1.50. The topological polar surface area (TPSA) is 64.8 Å². The highest BCUT2D eigenvalue weighted by Gasteiger charge is 2.19. The zero-order chi connectivity index (χ0) is 11.1. The lowest BCUT2D eigenvalue weighted by Crippen LogP contribution is -1.99. The van der Waals surface area contributed by atoms with Crippen LogP contribution in [-0.2, 0) is 9.05 Å². The van der Waals surface area contributed by atoms with Gasteiger partial charge in [-0.15, -0.1) is 11.3 Å². The van der Waals surface area contributed by atoms with Crippen LogP contribution in [0.1, 0.15) is 5.69 Å². The molecule has 0 bridgehead atoms. The van der Waals surface area contributed by atoms with Crippen molar-refractivity contribution in [1.29, 1.82) is 0 Å². The Morgan fingerprint density at radius 2 is 2.27 bits per heavy atom. The highest BCUT2D eigenvalue weighted by atomic mass is 35.7. The van der Waals surface area contributed by atoms with Crippen molar-refractivity contribution in [2.24, 2.45) is 0 Å². The maximum atomic E-state index is 11.1. The molecule has 0 aliphatic rings. The monoisotopic (exact) mass is 263 g/mol. The molecule has 2 aromatic heterocycles. The van der Waals surface area contributed by atoms with E-state index in [-0.39, 0.29) is 4.90 Å². The summed E-state index contributed by atoms with van der Waals surface area (Å²) in [6.45, 7) is 1.63. The molecule has 8 heteroatoms. The van der Waals surface area contributed by atoms with Gasteiger partial charge in [0, 0.05) is 22.3 Å². The van der Waals surface area contributed by atoms with Gasteiger partial charge >= 0.3 is 0 Å². The molecule has 2 aromatic rings. The Labute approximate surface area is 94.8 Å². The fraction of sp³-hybridized carbons (Fsp3) is 0.143. The van der Waals surface area contributed by atoms with Crippen molar-refractivity contribution in [3.63, 3.8) is 0 Å². The van der Waals surface area contributed by atoms with E-state index >= 15 is 0 Å². The fourth-order valence-corrected chi connectivity index (χ4v) is 2.86. The number of thiazole rings is 1. The minimum atomic E-state index is -3.74. The Balaban J connectivity index is 2.60. The molecule has 0 aliphatic heterocycles. The smallest absolute Gasteiger partial charge is 0.227 e. The number of hydrogen-bond acceptors (Lipinski definition) is 5. The molecule has 0 saturated carbocycles. The fourth-order valence-electron chi connectivity index (χ4n) is 1.15. The zero-order valence-electron chi connectivity index (χ0n) is 7.58. The predicted molar refractivity (Wildman–Crippen MR) is 57.0 cm³/mol. The Morgan fingerprint density at radius 3 is 2.73 bits per heavy atom. The van der Waals surface area contributed by atoms with Gasteiger partial charge in [0.25, 0.3) is 9.05 Å². The van der Waals surface area contributed by atoms with Gasteiger partial charge in [0.1, 0.15) is 4.90 Å². The Bertz CT molecular complexity index is 573. The van der Waals surface area contributed by atoms with Crippen LogP contribution in [0.4, 0.5) is 0 Å². The van der Waals surface area contributed by atoms with Crippen molar-refractivity contribution in [1.82, 2.24) is 14.8 Å². The number of rotatable bonds is 2. The number of halogens is 1. The van der Waals surface area contributed by atoms with E-state index in [1.807, 2.05) is 0 Å². The van der Waals surface area contributed by atoms with Gasteiger partial charge in [-0.1, -0.05) is 0 Å². The summed E-state index contributed by atoms with van der Waals surface area (Å²) in [6.07, 6.45) is 2.84. The van der Waals surface area contributed by atoms with Crippen molar-refractivity contribution in [2.75, 3.05) is 0 Å². The molecule has 0 aliphatic carbocycles. The van der Waals surface area contributed by atoms with Crippen LogP contribution in [0.2, 0.25) is 0 Å². The number of aromatic nitrogens is 3. The molecule has 0 amide bonds. The summed E-state index contributed by atoms with van der Waals surface area (Å²) in [6, 6.07) is 0. The minimum absolute atomic E-state index is 0.0133. The van der Waals surface area contributed by atoms with Crippen LogP contribution >= 0.6 is 22.0 Å². The molecular formula is C7H6ClN3O2S2. The Kier molecular flexibility index (Phi) is 2.53. The van der Waals surface area contributed by atoms with E-state index in [0.717, 1.165) is 0 Å². The second-order valence-corrected chi connectivity index (χ2v) is 6.17. The standard InChI is InChI=1S/C7H6ClN3O2S2/c1-5-6(15(8,12)13)4-10-11(5)7-9-2-3-14-7/h2-4H,1H3. The van der Waals surface area contributed by atoms with Gasteiger partial charge in [0.2, 0.25) is 5.13 Å². The SMILES string of the molecule is Cc1c(S(=O)(=O)Cl)cnn1-c1nccs1. The normalized spacial score (nSPS) is 11.9. The highest BCUT2D eigenvalue weighted by molar-refractivity contribution is 8.13. The van der Waals surface area contributed by atoms with Crippen molar-refractivity contribution in [2.45, 2.75) is 11.8 Å². The molecule has 2 rings (SSSR count). The third kappa shape index (κ3) is 1.90. The van der Waals surface area contributed by atoms with Gasteiger partial charge in [-0.2, -0.15) is 5.10 Å². The Hall–Kier alpha value is -0.920. The third-order valence-electron chi connectivity index (χ3n) is 1.83. The lowest BCUT2D eigenvalue weighted by atomic mass is 10.5. The summed E-state index contributed by atoms with van der Waals surface area (Å²) < 4.78 is 23.7. The average Bonchev–Trinajstić information content (AvgIpc) is 2.69. The van der Waals surface area contributed by atoms with E-state index in [2.05, 4.69) is 10.1 Å². The van der Waals surface area contributed by atoms with E-state index in [4.69, 9.17) is 10.7 Å². The molecule has 0 atom stereocenters. The Morgan fingerprint density at radius 1 is 1.53 bits per heavy atom. The summed E-state index contributed by atoms with van der Waals surface area (Å²) in [5.74, 6) is 0. The molecule has 15 heavy (non-hydrogen) atoms. The van der Waals surface area contributed by atoms with Crippen molar-refractivity contribution >= 4 is 31.1 Å². The first-order chi connectivity index (χ1) is 7.00. The molecule has 0 unspecified atom stereocenters. The van der Waals surface area contributed by atoms with E-state index < -0.39 is 9.05 Å². The molecule has 0 N–H and O–H groups in total. The number of nitrogens with zero attached hydrogens (tertiary/aromatic N) is 3. The molecule has 5 nitrogen and oxygen atoms in total. The van der Waals surface area contributed by atoms with Crippen LogP contribution < -0.4 is 0 Å². The third-order valence-corrected chi connectivity index (χ3v) is 4.00. The van der Waals surface area contributed by atoms with Crippen molar-refractivity contribution in [3.8, 4) is 5.13 Å². The van der Waals surface area contributed by atoms with Crippen LogP contribution in [0.3, 0.4) is 0 Å². The molecular weight excluding hydrogens is 258 g/mol. The predicted octanol–water partition coefficient (Wildman–Crippen LogP) is 1.56. The lowest BCUT2D eigenvalue weighted by Gasteiger charge is -1.98. The molecule has 0 aromatic carbocycles. The maximum Gasteiger partial charge on any atom is 0.264 e. The van der Waals surface area contributed by atoms with Gasteiger partial charge in [-0.05, 0) is 6.92 Å². The van der Waals surface area contributed by atoms with Crippen LogP contribution in [0.25, 0.3) is 5.13 Å². The first-order valence-corrected chi connectivity index (χ1v) is 7.08. The first kappa shape index (κ1) is 10.6. The van der Waals surface area contributed by atoms with Gasteiger partial charge < -0.3 is 0 Å². The minimum Gasteiger partial charge on any atom is -0.227 e. The second kappa shape index (κ2) is 3.58. The highest BCUT2D eigenvalue weighted by Crippen LogP contribution is 2.22. The van der Waals surface area contributed by atoms with Crippen LogP contribution in [0.5, 0.6) is 0 Å². The quantitative estimate of drug-likeness (QED) is 0.772.